The number of nitrogens with zero attached hydrogens (tertiary/aromatic N) is 3. The van der Waals surface area contributed by atoms with Crippen molar-refractivity contribution in [2.24, 2.45) is 10.9 Å². The first-order valence-corrected chi connectivity index (χ1v) is 12.0. The Bertz CT molecular complexity index is 995. The molecular formula is C23H23Cl2N3O2S. The summed E-state index contributed by atoms with van der Waals surface area (Å²) >= 11 is 13.6. The van der Waals surface area contributed by atoms with Gasteiger partial charge >= 0.3 is 0 Å². The summed E-state index contributed by atoms with van der Waals surface area (Å²) in [5.74, 6) is 0.447. The molecule has 0 aliphatic carbocycles. The Hall–Kier alpha value is -2.02. The summed E-state index contributed by atoms with van der Waals surface area (Å²) in [4.78, 5) is 34.8. The maximum absolute atomic E-state index is 13.7. The highest BCUT2D eigenvalue weighted by molar-refractivity contribution is 8.14. The van der Waals surface area contributed by atoms with E-state index < -0.39 is 0 Å². The van der Waals surface area contributed by atoms with E-state index in [1.807, 2.05) is 19.1 Å². The number of rotatable bonds is 3. The molecule has 0 aromatic heterocycles. The SMILES string of the molecule is C[C@@H]1CSC(N(C(=O)[C@@H]2CCCN(C(=O)c3ccc(Cl)cc3)C2)c2ccc(Cl)cc2)=N1. The third-order valence-electron chi connectivity index (χ3n) is 5.43. The molecule has 2 amide bonds. The van der Waals surface area contributed by atoms with Crippen LogP contribution in [-0.2, 0) is 4.79 Å². The number of hydrogen-bond acceptors (Lipinski definition) is 4. The van der Waals surface area contributed by atoms with E-state index in [1.165, 1.54) is 0 Å². The van der Waals surface area contributed by atoms with Gasteiger partial charge in [0.15, 0.2) is 5.17 Å². The second-order valence-electron chi connectivity index (χ2n) is 7.82. The zero-order chi connectivity index (χ0) is 22.0. The van der Waals surface area contributed by atoms with E-state index in [-0.39, 0.29) is 23.8 Å². The lowest BCUT2D eigenvalue weighted by molar-refractivity contribution is -0.122. The molecule has 8 heteroatoms. The van der Waals surface area contributed by atoms with Gasteiger partial charge in [-0.3, -0.25) is 19.5 Å². The highest BCUT2D eigenvalue weighted by Crippen LogP contribution is 2.30. The number of hydrogen-bond donors (Lipinski definition) is 0. The highest BCUT2D eigenvalue weighted by Gasteiger charge is 2.35. The number of amides is 2. The molecule has 2 aromatic rings. The third-order valence-corrected chi connectivity index (χ3v) is 7.13. The fourth-order valence-electron chi connectivity index (χ4n) is 3.82. The lowest BCUT2D eigenvalue weighted by Gasteiger charge is -2.35. The number of amidine groups is 1. The number of aliphatic imine (C=N–C) groups is 1. The van der Waals surface area contributed by atoms with Crippen LogP contribution in [0.25, 0.3) is 0 Å². The van der Waals surface area contributed by atoms with Crippen LogP contribution >= 0.6 is 35.0 Å². The number of anilines is 1. The number of thioether (sulfide) groups is 1. The molecule has 4 rings (SSSR count). The first-order chi connectivity index (χ1) is 14.9. The van der Waals surface area contributed by atoms with Crippen LogP contribution in [0.1, 0.15) is 30.1 Å². The van der Waals surface area contributed by atoms with Crippen molar-refractivity contribution in [3.63, 3.8) is 0 Å². The molecule has 0 saturated carbocycles. The minimum atomic E-state index is -0.292. The first kappa shape index (κ1) is 22.2. The fourth-order valence-corrected chi connectivity index (χ4v) is 5.12. The Morgan fingerprint density at radius 1 is 1.06 bits per heavy atom. The second-order valence-corrected chi connectivity index (χ2v) is 9.68. The minimum absolute atomic E-state index is 0.0312. The van der Waals surface area contributed by atoms with Gasteiger partial charge in [0, 0.05) is 34.5 Å². The van der Waals surface area contributed by atoms with Crippen molar-refractivity contribution in [2.75, 3.05) is 23.7 Å². The molecule has 0 bridgehead atoms. The summed E-state index contributed by atoms with van der Waals surface area (Å²) in [5, 5.41) is 1.91. The van der Waals surface area contributed by atoms with Gasteiger partial charge in [-0.2, -0.15) is 0 Å². The minimum Gasteiger partial charge on any atom is -0.338 e. The van der Waals surface area contributed by atoms with Gasteiger partial charge < -0.3 is 4.90 Å². The molecule has 5 nitrogen and oxygen atoms in total. The van der Waals surface area contributed by atoms with Crippen molar-refractivity contribution in [3.8, 4) is 0 Å². The van der Waals surface area contributed by atoms with Crippen LogP contribution in [0.3, 0.4) is 0 Å². The van der Waals surface area contributed by atoms with E-state index >= 15 is 0 Å². The molecule has 2 aliphatic heterocycles. The van der Waals surface area contributed by atoms with Gasteiger partial charge in [0.05, 0.1) is 17.6 Å². The van der Waals surface area contributed by atoms with E-state index in [2.05, 4.69) is 4.99 Å². The molecule has 162 valence electrons. The maximum atomic E-state index is 13.7. The summed E-state index contributed by atoms with van der Waals surface area (Å²) in [7, 11) is 0. The number of piperidine rings is 1. The highest BCUT2D eigenvalue weighted by atomic mass is 35.5. The normalized spacial score (nSPS) is 21.0. The number of halogens is 2. The molecule has 0 radical (unpaired) electrons. The van der Waals surface area contributed by atoms with E-state index in [0.717, 1.165) is 24.3 Å². The molecule has 2 aromatic carbocycles. The van der Waals surface area contributed by atoms with Gasteiger partial charge in [-0.05, 0) is 68.3 Å². The molecule has 0 N–H and O–H groups in total. The number of carbonyl (C=O) groups is 2. The Balaban J connectivity index is 1.56. The van der Waals surface area contributed by atoms with Crippen molar-refractivity contribution in [1.29, 1.82) is 0 Å². The van der Waals surface area contributed by atoms with Crippen LogP contribution in [0.5, 0.6) is 0 Å². The van der Waals surface area contributed by atoms with E-state index in [9.17, 15) is 9.59 Å². The van der Waals surface area contributed by atoms with Crippen molar-refractivity contribution in [1.82, 2.24) is 4.90 Å². The lowest BCUT2D eigenvalue weighted by Crippen LogP contribution is -2.48. The monoisotopic (exact) mass is 475 g/mol. The second kappa shape index (κ2) is 9.63. The standard InChI is InChI=1S/C23H23Cl2N3O2S/c1-15-14-31-23(26-15)28(20-10-8-19(25)9-11-20)22(30)17-3-2-12-27(13-17)21(29)16-4-6-18(24)7-5-16/h4-11,15,17H,2-3,12-14H2,1H3/t15-,17-/m1/s1. The molecule has 2 aliphatic rings. The van der Waals surface area contributed by atoms with Crippen LogP contribution in [-0.4, -0.2) is 46.8 Å². The molecular weight excluding hydrogens is 453 g/mol. The molecule has 31 heavy (non-hydrogen) atoms. The van der Waals surface area contributed by atoms with Crippen LogP contribution < -0.4 is 4.90 Å². The summed E-state index contributed by atoms with van der Waals surface area (Å²) in [6, 6.07) is 14.3. The van der Waals surface area contributed by atoms with E-state index in [4.69, 9.17) is 23.2 Å². The van der Waals surface area contributed by atoms with Gasteiger partial charge in [0.1, 0.15) is 0 Å². The average molecular weight is 476 g/mol. The smallest absolute Gasteiger partial charge is 0.253 e. The summed E-state index contributed by atoms with van der Waals surface area (Å²) in [5.41, 5.74) is 1.33. The maximum Gasteiger partial charge on any atom is 0.253 e. The Kier molecular flexibility index (Phi) is 6.89. The van der Waals surface area contributed by atoms with Crippen molar-refractivity contribution in [2.45, 2.75) is 25.8 Å². The molecule has 1 fully saturated rings. The number of likely N-dealkylation sites (tertiary alicyclic amines) is 1. The topological polar surface area (TPSA) is 53.0 Å². The van der Waals surface area contributed by atoms with Gasteiger partial charge in [-0.25, -0.2) is 0 Å². The predicted molar refractivity (Wildman–Crippen MR) is 128 cm³/mol. The quantitative estimate of drug-likeness (QED) is 0.599. The van der Waals surface area contributed by atoms with Crippen LogP contribution in [0, 0.1) is 5.92 Å². The molecule has 1 saturated heterocycles. The number of carbonyl (C=O) groups excluding carboxylic acids is 2. The van der Waals surface area contributed by atoms with E-state index in [1.54, 1.807) is 58.0 Å². The lowest BCUT2D eigenvalue weighted by atomic mass is 9.95. The summed E-state index contributed by atoms with van der Waals surface area (Å²) < 4.78 is 0. The van der Waals surface area contributed by atoms with Crippen LogP contribution in [0.2, 0.25) is 10.0 Å². The number of benzene rings is 2. The zero-order valence-corrected chi connectivity index (χ0v) is 19.5. The fraction of sp³-hybridized carbons (Fsp3) is 0.348. The summed E-state index contributed by atoms with van der Waals surface area (Å²) in [6.45, 7) is 3.06. The molecule has 2 heterocycles. The van der Waals surface area contributed by atoms with Crippen molar-refractivity contribution >= 4 is 57.6 Å². The summed E-state index contributed by atoms with van der Waals surface area (Å²) in [6.07, 6.45) is 1.51. The average Bonchev–Trinajstić information content (AvgIpc) is 3.21. The largest absolute Gasteiger partial charge is 0.338 e. The predicted octanol–water partition coefficient (Wildman–Crippen LogP) is 5.37. The Morgan fingerprint density at radius 2 is 1.71 bits per heavy atom. The zero-order valence-electron chi connectivity index (χ0n) is 17.1. The Labute approximate surface area is 196 Å². The third kappa shape index (κ3) is 5.08. The van der Waals surface area contributed by atoms with Crippen molar-refractivity contribution in [3.05, 3.63) is 64.1 Å². The molecule has 0 unspecified atom stereocenters. The van der Waals surface area contributed by atoms with Gasteiger partial charge in [0.25, 0.3) is 5.91 Å². The first-order valence-electron chi connectivity index (χ1n) is 10.3. The van der Waals surface area contributed by atoms with Crippen LogP contribution in [0.15, 0.2) is 53.5 Å². The van der Waals surface area contributed by atoms with Gasteiger partial charge in [-0.15, -0.1) is 0 Å². The van der Waals surface area contributed by atoms with Crippen LogP contribution in [0.4, 0.5) is 5.69 Å². The Morgan fingerprint density at radius 3 is 2.32 bits per heavy atom. The van der Waals surface area contributed by atoms with Gasteiger partial charge in [0.2, 0.25) is 5.91 Å². The van der Waals surface area contributed by atoms with Gasteiger partial charge in [-0.1, -0.05) is 35.0 Å². The molecule has 0 spiro atoms. The van der Waals surface area contributed by atoms with E-state index in [0.29, 0.717) is 33.9 Å². The molecule has 2 atom stereocenters. The van der Waals surface area contributed by atoms with Crippen molar-refractivity contribution < 1.29 is 9.59 Å².